The number of Topliss-reactive ketones (excluding diaryl/α,β-unsaturated/α-hetero) is 1. The summed E-state index contributed by atoms with van der Waals surface area (Å²) >= 11 is 1.25. The van der Waals surface area contributed by atoms with Crippen molar-refractivity contribution >= 4 is 32.9 Å². The highest BCUT2D eigenvalue weighted by atomic mass is 32.2. The van der Waals surface area contributed by atoms with Crippen molar-refractivity contribution in [1.82, 2.24) is 5.32 Å². The van der Waals surface area contributed by atoms with Crippen LogP contribution in [0, 0.1) is 6.92 Å². The van der Waals surface area contributed by atoms with Gasteiger partial charge in [0.25, 0.3) is 0 Å². The SMILES string of the molecule is CCCNC(=O)CS(=O)(=O)CC(=O)c1ccc(C)s1. The van der Waals surface area contributed by atoms with Crippen LogP contribution in [-0.4, -0.2) is 38.2 Å². The lowest BCUT2D eigenvalue weighted by Gasteiger charge is -2.04. The molecule has 0 atom stereocenters. The molecule has 1 aromatic rings. The van der Waals surface area contributed by atoms with Crippen LogP contribution in [0.15, 0.2) is 12.1 Å². The molecular formula is C12H17NO4S2. The quantitative estimate of drug-likeness (QED) is 0.767. The van der Waals surface area contributed by atoms with E-state index in [0.29, 0.717) is 11.4 Å². The summed E-state index contributed by atoms with van der Waals surface area (Å²) in [4.78, 5) is 24.5. The van der Waals surface area contributed by atoms with Crippen LogP contribution in [-0.2, 0) is 14.6 Å². The van der Waals surface area contributed by atoms with E-state index in [-0.39, 0.29) is 0 Å². The predicted octanol–water partition coefficient (Wildman–Crippen LogP) is 1.18. The minimum absolute atomic E-state index is 0.412. The third-order valence-electron chi connectivity index (χ3n) is 2.29. The fraction of sp³-hybridized carbons (Fsp3) is 0.500. The van der Waals surface area contributed by atoms with Crippen LogP contribution in [0.1, 0.15) is 27.9 Å². The molecule has 19 heavy (non-hydrogen) atoms. The summed E-state index contributed by atoms with van der Waals surface area (Å²) in [7, 11) is -3.70. The molecule has 0 aliphatic carbocycles. The van der Waals surface area contributed by atoms with Gasteiger partial charge in [0.1, 0.15) is 11.5 Å². The molecule has 1 aromatic heterocycles. The number of sulfone groups is 1. The Bertz CT molecular complexity index is 560. The molecule has 1 heterocycles. The normalized spacial score (nSPS) is 11.3. The number of aryl methyl sites for hydroxylation is 1. The Morgan fingerprint density at radius 1 is 1.26 bits per heavy atom. The van der Waals surface area contributed by atoms with Gasteiger partial charge in [0, 0.05) is 11.4 Å². The van der Waals surface area contributed by atoms with E-state index in [1.165, 1.54) is 11.3 Å². The van der Waals surface area contributed by atoms with E-state index in [0.717, 1.165) is 11.3 Å². The second-order valence-electron chi connectivity index (χ2n) is 4.22. The van der Waals surface area contributed by atoms with Crippen molar-refractivity contribution in [2.45, 2.75) is 20.3 Å². The van der Waals surface area contributed by atoms with Crippen LogP contribution in [0.5, 0.6) is 0 Å². The van der Waals surface area contributed by atoms with Gasteiger partial charge in [-0.25, -0.2) is 8.42 Å². The van der Waals surface area contributed by atoms with Gasteiger partial charge >= 0.3 is 0 Å². The summed E-state index contributed by atoms with van der Waals surface area (Å²) in [5, 5.41) is 2.48. The van der Waals surface area contributed by atoms with Gasteiger partial charge in [-0.2, -0.15) is 0 Å². The zero-order chi connectivity index (χ0) is 14.5. The van der Waals surface area contributed by atoms with Crippen molar-refractivity contribution in [3.8, 4) is 0 Å². The molecule has 0 bridgehead atoms. The van der Waals surface area contributed by atoms with E-state index in [1.54, 1.807) is 12.1 Å². The molecule has 0 aliphatic heterocycles. The van der Waals surface area contributed by atoms with Crippen LogP contribution >= 0.6 is 11.3 Å². The first-order valence-electron chi connectivity index (χ1n) is 5.91. The molecule has 1 amide bonds. The number of ketones is 1. The highest BCUT2D eigenvalue weighted by Gasteiger charge is 2.22. The Kier molecular flexibility index (Phi) is 5.68. The molecule has 5 nitrogen and oxygen atoms in total. The van der Waals surface area contributed by atoms with E-state index >= 15 is 0 Å². The van der Waals surface area contributed by atoms with Gasteiger partial charge in [-0.3, -0.25) is 9.59 Å². The molecule has 0 saturated carbocycles. The van der Waals surface area contributed by atoms with Crippen LogP contribution in [0.3, 0.4) is 0 Å². The fourth-order valence-corrected chi connectivity index (χ4v) is 3.48. The van der Waals surface area contributed by atoms with Gasteiger partial charge in [-0.05, 0) is 25.5 Å². The van der Waals surface area contributed by atoms with Gasteiger partial charge in [0.15, 0.2) is 15.6 Å². The van der Waals surface area contributed by atoms with Gasteiger partial charge in [-0.15, -0.1) is 11.3 Å². The standard InChI is InChI=1S/C12H17NO4S2/c1-3-6-13-12(15)8-19(16,17)7-10(14)11-5-4-9(2)18-11/h4-5H,3,6-8H2,1-2H3,(H,13,15). The predicted molar refractivity (Wildman–Crippen MR) is 75.3 cm³/mol. The molecule has 1 N–H and O–H groups in total. The molecule has 1 rings (SSSR count). The molecule has 0 aromatic carbocycles. The number of thiophene rings is 1. The maximum absolute atomic E-state index is 11.8. The number of carbonyl (C=O) groups is 2. The average molecular weight is 303 g/mol. The molecule has 0 spiro atoms. The maximum atomic E-state index is 11.8. The van der Waals surface area contributed by atoms with Crippen LogP contribution in [0.25, 0.3) is 0 Å². The Morgan fingerprint density at radius 2 is 1.95 bits per heavy atom. The first-order valence-corrected chi connectivity index (χ1v) is 8.54. The molecule has 0 saturated heterocycles. The topological polar surface area (TPSA) is 80.3 Å². The highest BCUT2D eigenvalue weighted by Crippen LogP contribution is 2.16. The average Bonchev–Trinajstić information content (AvgIpc) is 2.72. The number of amides is 1. The summed E-state index contributed by atoms with van der Waals surface area (Å²) < 4.78 is 23.4. The minimum Gasteiger partial charge on any atom is -0.355 e. The number of hydrogen-bond acceptors (Lipinski definition) is 5. The van der Waals surface area contributed by atoms with Crippen LogP contribution in [0.2, 0.25) is 0 Å². The summed E-state index contributed by atoms with van der Waals surface area (Å²) in [6.45, 7) is 4.15. The molecule has 0 aliphatic rings. The van der Waals surface area contributed by atoms with Crippen molar-refractivity contribution in [3.63, 3.8) is 0 Å². The van der Waals surface area contributed by atoms with Gasteiger partial charge in [-0.1, -0.05) is 6.92 Å². The van der Waals surface area contributed by atoms with E-state index in [9.17, 15) is 18.0 Å². The summed E-state index contributed by atoms with van der Waals surface area (Å²) in [6, 6.07) is 3.37. The Morgan fingerprint density at radius 3 is 2.47 bits per heavy atom. The van der Waals surface area contributed by atoms with E-state index in [2.05, 4.69) is 5.32 Å². The Hall–Kier alpha value is -1.21. The number of nitrogens with one attached hydrogen (secondary N) is 1. The van der Waals surface area contributed by atoms with Gasteiger partial charge < -0.3 is 5.32 Å². The molecule has 0 fully saturated rings. The van der Waals surface area contributed by atoms with Crippen molar-refractivity contribution in [2.75, 3.05) is 18.1 Å². The number of carbonyl (C=O) groups excluding carboxylic acids is 2. The first kappa shape index (κ1) is 15.8. The van der Waals surface area contributed by atoms with Crippen LogP contribution in [0.4, 0.5) is 0 Å². The third kappa shape index (κ3) is 5.52. The van der Waals surface area contributed by atoms with E-state index in [4.69, 9.17) is 0 Å². The van der Waals surface area contributed by atoms with Crippen molar-refractivity contribution < 1.29 is 18.0 Å². The second-order valence-corrected chi connectivity index (χ2v) is 7.57. The highest BCUT2D eigenvalue weighted by molar-refractivity contribution is 7.92. The monoisotopic (exact) mass is 303 g/mol. The fourth-order valence-electron chi connectivity index (χ4n) is 1.42. The summed E-state index contributed by atoms with van der Waals surface area (Å²) in [6.07, 6.45) is 0.735. The van der Waals surface area contributed by atoms with E-state index in [1.807, 2.05) is 13.8 Å². The van der Waals surface area contributed by atoms with Crippen LogP contribution < -0.4 is 5.32 Å². The Labute approximate surface area is 116 Å². The zero-order valence-electron chi connectivity index (χ0n) is 10.9. The molecule has 0 radical (unpaired) electrons. The summed E-state index contributed by atoms with van der Waals surface area (Å²) in [5.74, 6) is -2.27. The third-order valence-corrected chi connectivity index (χ3v) is 4.74. The Balaban J connectivity index is 2.59. The molecular weight excluding hydrogens is 286 g/mol. The largest absolute Gasteiger partial charge is 0.355 e. The number of hydrogen-bond donors (Lipinski definition) is 1. The zero-order valence-corrected chi connectivity index (χ0v) is 12.6. The lowest BCUT2D eigenvalue weighted by atomic mass is 10.3. The lowest BCUT2D eigenvalue weighted by molar-refractivity contribution is -0.118. The molecule has 106 valence electrons. The second kappa shape index (κ2) is 6.81. The van der Waals surface area contributed by atoms with Gasteiger partial charge in [0.05, 0.1) is 4.88 Å². The maximum Gasteiger partial charge on any atom is 0.235 e. The lowest BCUT2D eigenvalue weighted by Crippen LogP contribution is -2.33. The first-order chi connectivity index (χ1) is 8.84. The van der Waals surface area contributed by atoms with Crippen molar-refractivity contribution in [2.24, 2.45) is 0 Å². The van der Waals surface area contributed by atoms with E-state index < -0.39 is 33.0 Å². The smallest absolute Gasteiger partial charge is 0.235 e. The van der Waals surface area contributed by atoms with Crippen molar-refractivity contribution in [3.05, 3.63) is 21.9 Å². The molecule has 7 heteroatoms. The van der Waals surface area contributed by atoms with Gasteiger partial charge in [0.2, 0.25) is 5.91 Å². The number of rotatable bonds is 7. The molecule has 0 unspecified atom stereocenters. The minimum atomic E-state index is -3.70. The van der Waals surface area contributed by atoms with Crippen molar-refractivity contribution in [1.29, 1.82) is 0 Å². The summed E-state index contributed by atoms with van der Waals surface area (Å²) in [5.41, 5.74) is 0.